The number of carbonyl (C=O) groups excluding carboxylic acids is 1. The predicted octanol–water partition coefficient (Wildman–Crippen LogP) is 3.30. The van der Waals surface area contributed by atoms with Gasteiger partial charge in [-0.15, -0.1) is 0 Å². The van der Waals surface area contributed by atoms with Crippen LogP contribution in [0.15, 0.2) is 18.2 Å². The van der Waals surface area contributed by atoms with Crippen LogP contribution in [-0.2, 0) is 0 Å². The first-order valence-corrected chi connectivity index (χ1v) is 8.56. The monoisotopic (exact) mass is 337 g/mol. The number of hydrogen-bond donors (Lipinski definition) is 2. The lowest BCUT2D eigenvalue weighted by Crippen LogP contribution is -2.51. The summed E-state index contributed by atoms with van der Waals surface area (Å²) in [6, 6.07) is 4.43. The summed E-state index contributed by atoms with van der Waals surface area (Å²) >= 11 is 0. The molecule has 5 nitrogen and oxygen atoms in total. The summed E-state index contributed by atoms with van der Waals surface area (Å²) in [5, 5.41) is 12.3. The molecule has 0 radical (unpaired) electrons. The molecule has 134 valence electrons. The fourth-order valence-corrected chi connectivity index (χ4v) is 3.12. The number of urea groups is 1. The fraction of sp³-hybridized carbons (Fsp3) is 0.611. The van der Waals surface area contributed by atoms with E-state index in [1.807, 2.05) is 32.7 Å². The summed E-state index contributed by atoms with van der Waals surface area (Å²) < 4.78 is 14.3. The molecule has 2 amide bonds. The van der Waals surface area contributed by atoms with Crippen molar-refractivity contribution in [3.05, 3.63) is 24.0 Å². The molecule has 2 atom stereocenters. The molecule has 2 rings (SSSR count). The van der Waals surface area contributed by atoms with Gasteiger partial charge in [0.05, 0.1) is 18.3 Å². The average molecular weight is 337 g/mol. The van der Waals surface area contributed by atoms with Crippen LogP contribution in [0.25, 0.3) is 0 Å². The minimum Gasteiger partial charge on any atom is -0.394 e. The van der Waals surface area contributed by atoms with Crippen LogP contribution >= 0.6 is 0 Å². The summed E-state index contributed by atoms with van der Waals surface area (Å²) in [4.78, 5) is 16.0. The number of hydrogen-bond acceptors (Lipinski definition) is 3. The number of benzene rings is 1. The largest absolute Gasteiger partial charge is 0.394 e. The number of halogens is 1. The van der Waals surface area contributed by atoms with Crippen LogP contribution in [0.1, 0.15) is 33.6 Å². The third kappa shape index (κ3) is 3.98. The quantitative estimate of drug-likeness (QED) is 0.886. The van der Waals surface area contributed by atoms with Gasteiger partial charge in [-0.25, -0.2) is 9.18 Å². The number of carbonyl (C=O) groups is 1. The Kier molecular flexibility index (Phi) is 6.04. The van der Waals surface area contributed by atoms with Gasteiger partial charge >= 0.3 is 6.03 Å². The molecule has 2 N–H and O–H groups in total. The van der Waals surface area contributed by atoms with E-state index in [2.05, 4.69) is 5.32 Å². The molecule has 1 aliphatic rings. The maximum atomic E-state index is 14.3. The number of aliphatic hydroxyl groups is 1. The van der Waals surface area contributed by atoms with Crippen molar-refractivity contribution in [2.75, 3.05) is 30.4 Å². The Hall–Kier alpha value is -1.82. The lowest BCUT2D eigenvalue weighted by molar-refractivity contribution is 0.0811. The number of likely N-dealkylation sites (tertiary alicyclic amines) is 1. The Morgan fingerprint density at radius 2 is 2.21 bits per heavy atom. The van der Waals surface area contributed by atoms with E-state index in [9.17, 15) is 14.3 Å². The van der Waals surface area contributed by atoms with Gasteiger partial charge in [-0.05, 0) is 50.8 Å². The van der Waals surface area contributed by atoms with Crippen LogP contribution < -0.4 is 10.2 Å². The molecular weight excluding hydrogens is 309 g/mol. The highest BCUT2D eigenvalue weighted by atomic mass is 19.1. The van der Waals surface area contributed by atoms with Gasteiger partial charge in [0.15, 0.2) is 0 Å². The van der Waals surface area contributed by atoms with E-state index in [4.69, 9.17) is 0 Å². The number of anilines is 2. The first-order valence-electron chi connectivity index (χ1n) is 8.56. The van der Waals surface area contributed by atoms with E-state index in [1.54, 1.807) is 17.0 Å². The van der Waals surface area contributed by atoms with E-state index in [0.717, 1.165) is 12.8 Å². The van der Waals surface area contributed by atoms with Gasteiger partial charge < -0.3 is 20.2 Å². The van der Waals surface area contributed by atoms with Crippen LogP contribution in [0.4, 0.5) is 20.6 Å². The second kappa shape index (κ2) is 7.83. The molecule has 1 aromatic carbocycles. The van der Waals surface area contributed by atoms with Crippen LogP contribution in [0.3, 0.4) is 0 Å². The summed E-state index contributed by atoms with van der Waals surface area (Å²) in [6.45, 7) is 6.57. The molecule has 0 saturated carbocycles. The summed E-state index contributed by atoms with van der Waals surface area (Å²) in [5.41, 5.74) is 0.927. The number of piperidine rings is 1. The third-order valence-corrected chi connectivity index (χ3v) is 4.92. The Morgan fingerprint density at radius 1 is 1.50 bits per heavy atom. The first-order chi connectivity index (χ1) is 11.3. The van der Waals surface area contributed by atoms with Gasteiger partial charge in [0, 0.05) is 25.3 Å². The Labute approximate surface area is 143 Å². The van der Waals surface area contributed by atoms with Gasteiger partial charge in [-0.1, -0.05) is 6.92 Å². The van der Waals surface area contributed by atoms with Gasteiger partial charge in [0.2, 0.25) is 0 Å². The molecule has 2 unspecified atom stereocenters. The molecule has 0 aliphatic carbocycles. The zero-order valence-electron chi connectivity index (χ0n) is 14.9. The SMILES string of the molecule is CC1CCCN(C(=O)Nc2ccc(N(C)C(C)C)c(F)c2)C1CO. The van der Waals surface area contributed by atoms with Crippen molar-refractivity contribution in [1.82, 2.24) is 4.90 Å². The molecule has 1 aliphatic heterocycles. The number of aliphatic hydroxyl groups excluding tert-OH is 1. The lowest BCUT2D eigenvalue weighted by atomic mass is 9.91. The van der Waals surface area contributed by atoms with Crippen molar-refractivity contribution in [2.45, 2.75) is 45.7 Å². The Balaban J connectivity index is 2.10. The van der Waals surface area contributed by atoms with E-state index in [-0.39, 0.29) is 36.5 Å². The Morgan fingerprint density at radius 3 is 2.79 bits per heavy atom. The first kappa shape index (κ1) is 18.5. The molecule has 1 heterocycles. The fourth-order valence-electron chi connectivity index (χ4n) is 3.12. The molecule has 1 saturated heterocycles. The van der Waals surface area contributed by atoms with Crippen LogP contribution in [0.2, 0.25) is 0 Å². The van der Waals surface area contributed by atoms with Gasteiger partial charge in [-0.2, -0.15) is 0 Å². The molecule has 0 bridgehead atoms. The van der Waals surface area contributed by atoms with Gasteiger partial charge in [0.1, 0.15) is 5.82 Å². The summed E-state index contributed by atoms with van der Waals surface area (Å²) in [6.07, 6.45) is 1.91. The third-order valence-electron chi connectivity index (χ3n) is 4.92. The molecule has 1 aromatic rings. The van der Waals surface area contributed by atoms with Crippen molar-refractivity contribution in [2.24, 2.45) is 5.92 Å². The zero-order chi connectivity index (χ0) is 17.9. The van der Waals surface area contributed by atoms with Crippen LogP contribution in [-0.4, -0.2) is 48.3 Å². The van der Waals surface area contributed by atoms with Crippen LogP contribution in [0.5, 0.6) is 0 Å². The smallest absolute Gasteiger partial charge is 0.322 e. The Bertz CT molecular complexity index is 579. The van der Waals surface area contributed by atoms with Crippen molar-refractivity contribution >= 4 is 17.4 Å². The minimum atomic E-state index is -0.366. The standard InChI is InChI=1S/C18H28FN3O2/c1-12(2)21(4)16-8-7-14(10-15(16)19)20-18(24)22-9-5-6-13(3)17(22)11-23/h7-8,10,12-13,17,23H,5-6,9,11H2,1-4H3,(H,20,24). The van der Waals surface area contributed by atoms with Gasteiger partial charge in [-0.3, -0.25) is 0 Å². The predicted molar refractivity (Wildman–Crippen MR) is 94.9 cm³/mol. The van der Waals surface area contributed by atoms with E-state index >= 15 is 0 Å². The van der Waals surface area contributed by atoms with Crippen molar-refractivity contribution in [3.8, 4) is 0 Å². The highest BCUT2D eigenvalue weighted by molar-refractivity contribution is 5.90. The van der Waals surface area contributed by atoms with Crippen LogP contribution in [0, 0.1) is 11.7 Å². The summed E-state index contributed by atoms with van der Waals surface area (Å²) in [7, 11) is 1.84. The maximum Gasteiger partial charge on any atom is 0.322 e. The normalized spacial score (nSPS) is 21.0. The van der Waals surface area contributed by atoms with E-state index in [1.165, 1.54) is 6.07 Å². The number of rotatable bonds is 4. The zero-order valence-corrected chi connectivity index (χ0v) is 14.9. The van der Waals surface area contributed by atoms with E-state index in [0.29, 0.717) is 17.9 Å². The van der Waals surface area contributed by atoms with Crippen molar-refractivity contribution < 1.29 is 14.3 Å². The molecule has 1 fully saturated rings. The molecule has 24 heavy (non-hydrogen) atoms. The number of nitrogens with zero attached hydrogens (tertiary/aromatic N) is 2. The maximum absolute atomic E-state index is 14.3. The minimum absolute atomic E-state index is 0.0545. The summed E-state index contributed by atoms with van der Waals surface area (Å²) in [5.74, 6) is -0.108. The van der Waals surface area contributed by atoms with Crippen molar-refractivity contribution in [1.29, 1.82) is 0 Å². The molecule has 0 spiro atoms. The van der Waals surface area contributed by atoms with Gasteiger partial charge in [0.25, 0.3) is 0 Å². The molecular formula is C18H28FN3O2. The topological polar surface area (TPSA) is 55.8 Å². The molecule has 0 aromatic heterocycles. The second-order valence-electron chi connectivity index (χ2n) is 6.86. The highest BCUT2D eigenvalue weighted by Crippen LogP contribution is 2.26. The second-order valence-corrected chi connectivity index (χ2v) is 6.86. The average Bonchev–Trinajstić information content (AvgIpc) is 2.54. The number of amides is 2. The number of nitrogens with one attached hydrogen (secondary N) is 1. The van der Waals surface area contributed by atoms with E-state index < -0.39 is 0 Å². The lowest BCUT2D eigenvalue weighted by Gasteiger charge is -2.38. The molecule has 6 heteroatoms. The highest BCUT2D eigenvalue weighted by Gasteiger charge is 2.31. The van der Waals surface area contributed by atoms with Crippen molar-refractivity contribution in [3.63, 3.8) is 0 Å².